The maximum atomic E-state index is 5.96. The fraction of sp³-hybridized carbons (Fsp3) is 0.438. The number of rotatable bonds is 7. The third-order valence-electron chi connectivity index (χ3n) is 3.53. The molecular formula is C16H24N4. The molecule has 0 amide bonds. The quantitative estimate of drug-likeness (QED) is 0.761. The van der Waals surface area contributed by atoms with Crippen molar-refractivity contribution in [2.45, 2.75) is 20.3 Å². The Kier molecular flexibility index (Phi) is 5.18. The smallest absolute Gasteiger partial charge is 0.0951 e. The third-order valence-corrected chi connectivity index (χ3v) is 3.53. The van der Waals surface area contributed by atoms with Gasteiger partial charge in [-0.2, -0.15) is 0 Å². The highest BCUT2D eigenvalue weighted by molar-refractivity contribution is 5.98. The summed E-state index contributed by atoms with van der Waals surface area (Å²) in [5.74, 6) is 0. The summed E-state index contributed by atoms with van der Waals surface area (Å²) in [6, 6.07) is 7.96. The summed E-state index contributed by atoms with van der Waals surface area (Å²) in [5, 5.41) is 4.59. The van der Waals surface area contributed by atoms with Gasteiger partial charge in [-0.05, 0) is 43.8 Å². The lowest BCUT2D eigenvalue weighted by molar-refractivity contribution is 0.300. The number of fused-ring (bicyclic) bond motifs is 1. The minimum atomic E-state index is 0.729. The van der Waals surface area contributed by atoms with Gasteiger partial charge in [0.05, 0.1) is 11.2 Å². The number of nitrogens with two attached hydrogens (primary N) is 1. The lowest BCUT2D eigenvalue weighted by Crippen LogP contribution is -2.29. The van der Waals surface area contributed by atoms with E-state index in [1.165, 1.54) is 6.42 Å². The summed E-state index contributed by atoms with van der Waals surface area (Å²) in [7, 11) is 0. The van der Waals surface area contributed by atoms with Crippen LogP contribution >= 0.6 is 0 Å². The Labute approximate surface area is 121 Å². The fourth-order valence-electron chi connectivity index (χ4n) is 2.44. The zero-order chi connectivity index (χ0) is 14.4. The molecule has 0 atom stereocenters. The van der Waals surface area contributed by atoms with Gasteiger partial charge in [0, 0.05) is 30.4 Å². The van der Waals surface area contributed by atoms with Crippen molar-refractivity contribution in [3.8, 4) is 0 Å². The highest BCUT2D eigenvalue weighted by Gasteiger charge is 2.05. The Morgan fingerprint density at radius 2 is 2.05 bits per heavy atom. The van der Waals surface area contributed by atoms with E-state index in [2.05, 4.69) is 35.1 Å². The number of aromatic nitrogens is 1. The van der Waals surface area contributed by atoms with Crippen LogP contribution in [0.4, 0.5) is 11.4 Å². The number of hydrogen-bond donors (Lipinski definition) is 2. The Hall–Kier alpha value is -1.81. The third kappa shape index (κ3) is 3.39. The molecule has 0 radical (unpaired) electrons. The normalized spacial score (nSPS) is 11.2. The first-order chi connectivity index (χ1) is 9.76. The number of hydrogen-bond acceptors (Lipinski definition) is 4. The Morgan fingerprint density at radius 1 is 1.20 bits per heavy atom. The Morgan fingerprint density at radius 3 is 2.80 bits per heavy atom. The lowest BCUT2D eigenvalue weighted by Gasteiger charge is -2.20. The second-order valence-corrected chi connectivity index (χ2v) is 4.96. The average Bonchev–Trinajstić information content (AvgIpc) is 2.49. The van der Waals surface area contributed by atoms with Crippen LogP contribution in [0.25, 0.3) is 10.9 Å². The molecule has 0 unspecified atom stereocenters. The van der Waals surface area contributed by atoms with Crippen molar-refractivity contribution in [1.82, 2.24) is 9.88 Å². The zero-order valence-corrected chi connectivity index (χ0v) is 12.4. The van der Waals surface area contributed by atoms with E-state index in [1.807, 2.05) is 18.2 Å². The molecule has 108 valence electrons. The number of benzene rings is 1. The van der Waals surface area contributed by atoms with Crippen molar-refractivity contribution >= 4 is 22.3 Å². The molecule has 0 saturated carbocycles. The summed E-state index contributed by atoms with van der Waals surface area (Å²) < 4.78 is 0. The number of anilines is 2. The van der Waals surface area contributed by atoms with Gasteiger partial charge >= 0.3 is 0 Å². The first-order valence-corrected chi connectivity index (χ1v) is 7.35. The molecule has 0 bridgehead atoms. The van der Waals surface area contributed by atoms with Crippen molar-refractivity contribution in [2.24, 2.45) is 0 Å². The van der Waals surface area contributed by atoms with Crippen LogP contribution in [-0.2, 0) is 0 Å². The SMILES string of the molecule is CCCN(CC)CCNc1ccc(N)c2ncccc12. The van der Waals surface area contributed by atoms with Crippen LogP contribution in [0.15, 0.2) is 30.5 Å². The van der Waals surface area contributed by atoms with E-state index in [4.69, 9.17) is 5.73 Å². The molecule has 0 aliphatic heterocycles. The van der Waals surface area contributed by atoms with Crippen molar-refractivity contribution in [1.29, 1.82) is 0 Å². The number of nitrogens with one attached hydrogen (secondary N) is 1. The summed E-state index contributed by atoms with van der Waals surface area (Å²) in [6.07, 6.45) is 2.98. The van der Waals surface area contributed by atoms with Gasteiger partial charge in [-0.25, -0.2) is 0 Å². The van der Waals surface area contributed by atoms with Crippen LogP contribution in [0, 0.1) is 0 Å². The summed E-state index contributed by atoms with van der Waals surface area (Å²) in [4.78, 5) is 6.80. The van der Waals surface area contributed by atoms with Crippen molar-refractivity contribution in [3.05, 3.63) is 30.5 Å². The number of nitrogen functional groups attached to an aromatic ring is 1. The standard InChI is InChI=1S/C16H24N4/c1-3-11-20(4-2)12-10-18-15-8-7-14(17)16-13(15)6-5-9-19-16/h5-9,18H,3-4,10-12,17H2,1-2H3. The molecule has 4 heteroatoms. The molecule has 2 aromatic rings. The van der Waals surface area contributed by atoms with Crippen molar-refractivity contribution in [3.63, 3.8) is 0 Å². The van der Waals surface area contributed by atoms with E-state index >= 15 is 0 Å². The maximum absolute atomic E-state index is 5.96. The maximum Gasteiger partial charge on any atom is 0.0951 e. The van der Waals surface area contributed by atoms with Gasteiger partial charge in [0.2, 0.25) is 0 Å². The van der Waals surface area contributed by atoms with E-state index in [1.54, 1.807) is 6.20 Å². The van der Waals surface area contributed by atoms with E-state index in [0.29, 0.717) is 0 Å². The van der Waals surface area contributed by atoms with Gasteiger partial charge in [0.1, 0.15) is 0 Å². The summed E-state index contributed by atoms with van der Waals surface area (Å²) in [5.41, 5.74) is 8.67. The molecule has 0 fully saturated rings. The highest BCUT2D eigenvalue weighted by atomic mass is 15.1. The number of likely N-dealkylation sites (N-methyl/N-ethyl adjacent to an activating group) is 1. The topological polar surface area (TPSA) is 54.2 Å². The molecule has 0 aliphatic rings. The Bertz CT molecular complexity index is 553. The molecular weight excluding hydrogens is 248 g/mol. The lowest BCUT2D eigenvalue weighted by atomic mass is 10.1. The van der Waals surface area contributed by atoms with E-state index < -0.39 is 0 Å². The molecule has 1 heterocycles. The van der Waals surface area contributed by atoms with Crippen LogP contribution in [0.1, 0.15) is 20.3 Å². The van der Waals surface area contributed by atoms with Gasteiger partial charge in [-0.1, -0.05) is 13.8 Å². The first-order valence-electron chi connectivity index (χ1n) is 7.35. The highest BCUT2D eigenvalue weighted by Crippen LogP contribution is 2.26. The largest absolute Gasteiger partial charge is 0.397 e. The fourth-order valence-corrected chi connectivity index (χ4v) is 2.44. The van der Waals surface area contributed by atoms with Gasteiger partial charge in [0.25, 0.3) is 0 Å². The number of pyridine rings is 1. The second-order valence-electron chi connectivity index (χ2n) is 4.96. The molecule has 0 aliphatic carbocycles. The molecule has 20 heavy (non-hydrogen) atoms. The summed E-state index contributed by atoms with van der Waals surface area (Å²) >= 11 is 0. The monoisotopic (exact) mass is 272 g/mol. The van der Waals surface area contributed by atoms with Gasteiger partial charge in [0.15, 0.2) is 0 Å². The molecule has 2 rings (SSSR count). The second kappa shape index (κ2) is 7.10. The van der Waals surface area contributed by atoms with Crippen molar-refractivity contribution in [2.75, 3.05) is 37.2 Å². The van der Waals surface area contributed by atoms with Crippen LogP contribution < -0.4 is 11.1 Å². The van der Waals surface area contributed by atoms with Crippen LogP contribution in [0.5, 0.6) is 0 Å². The van der Waals surface area contributed by atoms with E-state index in [9.17, 15) is 0 Å². The van der Waals surface area contributed by atoms with Gasteiger partial charge in [-0.3, -0.25) is 4.98 Å². The minimum Gasteiger partial charge on any atom is -0.397 e. The van der Waals surface area contributed by atoms with Crippen LogP contribution in [0.3, 0.4) is 0 Å². The van der Waals surface area contributed by atoms with E-state index in [-0.39, 0.29) is 0 Å². The molecule has 4 nitrogen and oxygen atoms in total. The molecule has 0 saturated heterocycles. The van der Waals surface area contributed by atoms with Crippen LogP contribution in [-0.4, -0.2) is 36.1 Å². The van der Waals surface area contributed by atoms with Gasteiger partial charge in [-0.15, -0.1) is 0 Å². The Balaban J connectivity index is 2.05. The molecule has 1 aromatic carbocycles. The molecule has 3 N–H and O–H groups in total. The average molecular weight is 272 g/mol. The predicted molar refractivity (Wildman–Crippen MR) is 87.1 cm³/mol. The van der Waals surface area contributed by atoms with Crippen molar-refractivity contribution < 1.29 is 0 Å². The first kappa shape index (κ1) is 14.6. The number of nitrogens with zero attached hydrogens (tertiary/aromatic N) is 2. The molecule has 0 spiro atoms. The van der Waals surface area contributed by atoms with E-state index in [0.717, 1.165) is 48.5 Å². The van der Waals surface area contributed by atoms with Gasteiger partial charge < -0.3 is 16.0 Å². The predicted octanol–water partition coefficient (Wildman–Crippen LogP) is 2.96. The zero-order valence-electron chi connectivity index (χ0n) is 12.4. The molecule has 1 aromatic heterocycles. The van der Waals surface area contributed by atoms with Crippen LogP contribution in [0.2, 0.25) is 0 Å². The minimum absolute atomic E-state index is 0.729. The summed E-state index contributed by atoms with van der Waals surface area (Å²) in [6.45, 7) is 8.66.